The highest BCUT2D eigenvalue weighted by Crippen LogP contribution is 2.38. The normalized spacial score (nSPS) is 18.6. The van der Waals surface area contributed by atoms with Gasteiger partial charge in [0.2, 0.25) is 0 Å². The van der Waals surface area contributed by atoms with E-state index in [1.54, 1.807) is 17.0 Å². The van der Waals surface area contributed by atoms with E-state index in [4.69, 9.17) is 26.8 Å². The predicted molar refractivity (Wildman–Crippen MR) is 221 cm³/mol. The molecule has 0 saturated carbocycles. The number of esters is 1. The van der Waals surface area contributed by atoms with Crippen molar-refractivity contribution in [2.24, 2.45) is 0 Å². The molecule has 0 aliphatic carbocycles. The summed E-state index contributed by atoms with van der Waals surface area (Å²) >= 11 is 6.14. The van der Waals surface area contributed by atoms with Gasteiger partial charge in [-0.25, -0.2) is 14.4 Å². The Morgan fingerprint density at radius 1 is 0.867 bits per heavy atom. The van der Waals surface area contributed by atoms with Gasteiger partial charge >= 0.3 is 24.3 Å². The van der Waals surface area contributed by atoms with Crippen LogP contribution >= 0.6 is 11.6 Å². The summed E-state index contributed by atoms with van der Waals surface area (Å²) in [5, 5.41) is 2.65. The molecule has 0 bridgehead atoms. The average Bonchev–Trinajstić information content (AvgIpc) is 3.42. The first-order chi connectivity index (χ1) is 28.8. The highest BCUT2D eigenvalue weighted by Gasteiger charge is 2.38. The number of nitrogens with one attached hydrogen (secondary N) is 1. The molecule has 4 aliphatic heterocycles. The predicted octanol–water partition coefficient (Wildman–Crippen LogP) is 6.53. The van der Waals surface area contributed by atoms with Crippen LogP contribution in [-0.2, 0) is 33.3 Å². The molecule has 4 heterocycles. The number of urea groups is 1. The van der Waals surface area contributed by atoms with Crippen LogP contribution in [0.2, 0.25) is 5.02 Å². The number of likely N-dealkylation sites (tertiary alicyclic amines) is 2. The number of nitrogens with two attached hydrogens (primary N) is 1. The molecule has 7 rings (SSSR count). The van der Waals surface area contributed by atoms with Gasteiger partial charge in [0.1, 0.15) is 6.61 Å². The lowest BCUT2D eigenvalue weighted by molar-refractivity contribution is -0.141. The zero-order chi connectivity index (χ0) is 42.4. The van der Waals surface area contributed by atoms with Crippen molar-refractivity contribution in [2.45, 2.75) is 63.3 Å². The number of nitrogen functional groups attached to an aromatic ring is 1. The molecular formula is C43H51ClF3N7O6. The maximum atomic E-state index is 14.2. The fourth-order valence-electron chi connectivity index (χ4n) is 8.45. The van der Waals surface area contributed by atoms with Crippen molar-refractivity contribution in [1.29, 1.82) is 0 Å². The maximum absolute atomic E-state index is 14.2. The van der Waals surface area contributed by atoms with Gasteiger partial charge in [-0.1, -0.05) is 36.2 Å². The third-order valence-electron chi connectivity index (χ3n) is 11.9. The van der Waals surface area contributed by atoms with Gasteiger partial charge < -0.3 is 40.1 Å². The molecule has 1 atom stereocenters. The average molecular weight is 854 g/mol. The Labute approximate surface area is 352 Å². The van der Waals surface area contributed by atoms with Crippen LogP contribution in [0.4, 0.5) is 39.8 Å². The van der Waals surface area contributed by atoms with Gasteiger partial charge in [0, 0.05) is 76.2 Å². The molecule has 3 aromatic rings. The lowest BCUT2D eigenvalue weighted by Gasteiger charge is -2.39. The van der Waals surface area contributed by atoms with E-state index >= 15 is 0 Å². The van der Waals surface area contributed by atoms with Crippen LogP contribution in [-0.4, -0.2) is 128 Å². The SMILES string of the molecule is Nc1c(Cl)cc(C[C@@H](OC(=O)N2CCC(N3CCc4ccccc4NC3=O)CC2)C(=O)N2CCN(c3ccc(C(=O)OCCN4CCCCC4)cc3)CC2)cc1C(F)(F)F. The number of hydrogen-bond donors (Lipinski definition) is 2. The third-order valence-corrected chi connectivity index (χ3v) is 12.2. The Kier molecular flexibility index (Phi) is 13.6. The quantitative estimate of drug-likeness (QED) is 0.172. The summed E-state index contributed by atoms with van der Waals surface area (Å²) in [6.45, 7) is 5.44. The van der Waals surface area contributed by atoms with Crippen LogP contribution in [0.3, 0.4) is 0 Å². The summed E-state index contributed by atoms with van der Waals surface area (Å²) in [7, 11) is 0. The summed E-state index contributed by atoms with van der Waals surface area (Å²) in [5.41, 5.74) is 7.04. The van der Waals surface area contributed by atoms with E-state index in [2.05, 4.69) is 15.1 Å². The minimum Gasteiger partial charge on any atom is -0.461 e. The van der Waals surface area contributed by atoms with Crippen LogP contribution in [0.1, 0.15) is 59.2 Å². The monoisotopic (exact) mass is 853 g/mol. The summed E-state index contributed by atoms with van der Waals surface area (Å²) in [4.78, 5) is 62.8. The number of amides is 4. The second-order valence-electron chi connectivity index (χ2n) is 15.8. The van der Waals surface area contributed by atoms with Gasteiger partial charge in [-0.3, -0.25) is 9.69 Å². The molecule has 3 fully saturated rings. The largest absolute Gasteiger partial charge is 0.461 e. The van der Waals surface area contributed by atoms with E-state index in [1.165, 1.54) is 22.3 Å². The minimum atomic E-state index is -4.81. The van der Waals surface area contributed by atoms with Crippen molar-refractivity contribution in [3.8, 4) is 0 Å². The number of para-hydroxylation sites is 1. The van der Waals surface area contributed by atoms with Gasteiger partial charge in [0.05, 0.1) is 21.8 Å². The van der Waals surface area contributed by atoms with E-state index in [-0.39, 0.29) is 61.2 Å². The van der Waals surface area contributed by atoms with Gasteiger partial charge in [-0.2, -0.15) is 13.2 Å². The molecule has 0 unspecified atom stereocenters. The number of nitrogens with zero attached hydrogens (tertiary/aromatic N) is 5. The Morgan fingerprint density at radius 3 is 2.27 bits per heavy atom. The molecule has 0 aromatic heterocycles. The van der Waals surface area contributed by atoms with Crippen molar-refractivity contribution in [2.75, 3.05) is 88.0 Å². The maximum Gasteiger partial charge on any atom is 0.418 e. The summed E-state index contributed by atoms with van der Waals surface area (Å²) in [5.74, 6) is -0.942. The van der Waals surface area contributed by atoms with E-state index < -0.39 is 35.5 Å². The number of ether oxygens (including phenoxy) is 2. The first-order valence-electron chi connectivity index (χ1n) is 20.6. The van der Waals surface area contributed by atoms with E-state index in [1.807, 2.05) is 36.4 Å². The second kappa shape index (κ2) is 19.0. The zero-order valence-electron chi connectivity index (χ0n) is 33.4. The van der Waals surface area contributed by atoms with Crippen molar-refractivity contribution < 1.29 is 41.8 Å². The van der Waals surface area contributed by atoms with Crippen LogP contribution in [0.5, 0.6) is 0 Å². The lowest BCUT2D eigenvalue weighted by Crippen LogP contribution is -2.54. The Hall–Kier alpha value is -5.22. The van der Waals surface area contributed by atoms with Crippen LogP contribution in [0, 0.1) is 0 Å². The fourth-order valence-corrected chi connectivity index (χ4v) is 8.69. The van der Waals surface area contributed by atoms with Crippen molar-refractivity contribution in [1.82, 2.24) is 19.6 Å². The first-order valence-corrected chi connectivity index (χ1v) is 21.0. The second-order valence-corrected chi connectivity index (χ2v) is 16.2. The third kappa shape index (κ3) is 10.4. The topological polar surface area (TPSA) is 141 Å². The smallest absolute Gasteiger partial charge is 0.418 e. The molecular weight excluding hydrogens is 803 g/mol. The van der Waals surface area contributed by atoms with Crippen LogP contribution in [0.25, 0.3) is 0 Å². The number of alkyl halides is 3. The van der Waals surface area contributed by atoms with Crippen LogP contribution < -0.4 is 16.0 Å². The molecule has 4 amide bonds. The molecule has 60 heavy (non-hydrogen) atoms. The molecule has 13 nitrogen and oxygen atoms in total. The number of anilines is 3. The first kappa shape index (κ1) is 42.9. The zero-order valence-corrected chi connectivity index (χ0v) is 34.2. The summed E-state index contributed by atoms with van der Waals surface area (Å²) in [6, 6.07) is 16.5. The van der Waals surface area contributed by atoms with E-state index in [0.717, 1.165) is 48.9 Å². The van der Waals surface area contributed by atoms with Crippen molar-refractivity contribution >= 4 is 52.7 Å². The summed E-state index contributed by atoms with van der Waals surface area (Å²) < 4.78 is 53.1. The van der Waals surface area contributed by atoms with Gasteiger partial charge in [0.15, 0.2) is 6.10 Å². The number of piperidine rings is 2. The number of benzene rings is 3. The highest BCUT2D eigenvalue weighted by atomic mass is 35.5. The van der Waals surface area contributed by atoms with E-state index in [9.17, 15) is 32.3 Å². The molecule has 0 radical (unpaired) electrons. The lowest BCUT2D eigenvalue weighted by atomic mass is 10.0. The number of rotatable bonds is 10. The molecule has 3 saturated heterocycles. The molecule has 322 valence electrons. The van der Waals surface area contributed by atoms with Crippen molar-refractivity contribution in [3.05, 3.63) is 87.9 Å². The Balaban J connectivity index is 0.972. The molecule has 0 spiro atoms. The molecule has 3 N–H and O–H groups in total. The Bertz CT molecular complexity index is 2020. The highest BCUT2D eigenvalue weighted by molar-refractivity contribution is 6.33. The molecule has 4 aliphatic rings. The number of halogens is 4. The van der Waals surface area contributed by atoms with Gasteiger partial charge in [0.25, 0.3) is 5.91 Å². The van der Waals surface area contributed by atoms with Gasteiger partial charge in [-0.15, -0.1) is 0 Å². The minimum absolute atomic E-state index is 0.0308. The Morgan fingerprint density at radius 2 is 1.57 bits per heavy atom. The summed E-state index contributed by atoms with van der Waals surface area (Å²) in [6.07, 6.45) is -2.22. The van der Waals surface area contributed by atoms with E-state index in [0.29, 0.717) is 57.6 Å². The number of carbonyl (C=O) groups excluding carboxylic acids is 4. The van der Waals surface area contributed by atoms with Crippen LogP contribution in [0.15, 0.2) is 60.7 Å². The van der Waals surface area contributed by atoms with Gasteiger partial charge in [-0.05, 0) is 98.8 Å². The fraction of sp³-hybridized carbons (Fsp3) is 0.488. The number of piperazine rings is 1. The number of carbonyl (C=O) groups is 4. The number of hydrogen-bond acceptors (Lipinski definition) is 9. The molecule has 17 heteroatoms. The van der Waals surface area contributed by atoms with Crippen molar-refractivity contribution in [3.63, 3.8) is 0 Å². The number of fused-ring (bicyclic) bond motifs is 1. The standard InChI is InChI=1S/C43H51ClF3N7O6/c44-35-27-29(26-34(38(35)48)43(45,46)47)28-37(60-42(58)53-17-13-33(14-18-53)54-19-12-30-6-2-3-7-36(30)49-41(54)57)39(55)52-22-20-51(21-23-52)32-10-8-31(9-11-32)40(56)59-25-24-50-15-4-1-5-16-50/h2-3,6-11,26-27,33,37H,1,4-5,12-25,28,48H2,(H,49,57)/t37-/m1/s1. The molecule has 3 aromatic carbocycles.